The highest BCUT2D eigenvalue weighted by molar-refractivity contribution is 5.20. The molecule has 1 unspecified atom stereocenters. The third kappa shape index (κ3) is 4.43. The zero-order valence-corrected chi connectivity index (χ0v) is 10.9. The van der Waals surface area contributed by atoms with Crippen LogP contribution in [0.25, 0.3) is 0 Å². The monoisotopic (exact) mass is 231 g/mol. The molecule has 0 aliphatic rings. The molecule has 17 heavy (non-hydrogen) atoms. The maximum atomic E-state index is 5.59. The summed E-state index contributed by atoms with van der Waals surface area (Å²) >= 11 is 0. The third-order valence-electron chi connectivity index (χ3n) is 2.67. The van der Waals surface area contributed by atoms with Crippen LogP contribution in [0.2, 0.25) is 0 Å². The molecule has 0 spiro atoms. The van der Waals surface area contributed by atoms with E-state index in [1.807, 2.05) is 37.3 Å². The molecule has 1 heterocycles. The van der Waals surface area contributed by atoms with Crippen LogP contribution in [0.3, 0.4) is 0 Å². The fourth-order valence-electron chi connectivity index (χ4n) is 1.45. The van der Waals surface area contributed by atoms with Crippen molar-refractivity contribution in [2.75, 3.05) is 6.61 Å². The number of aromatic nitrogens is 1. The number of allylic oxidation sites excluding steroid dienone is 1. The van der Waals surface area contributed by atoms with Crippen molar-refractivity contribution in [1.82, 2.24) is 4.98 Å². The molecule has 0 saturated heterocycles. The average Bonchev–Trinajstić information content (AvgIpc) is 2.36. The van der Waals surface area contributed by atoms with Gasteiger partial charge in [-0.15, -0.1) is 0 Å². The lowest BCUT2D eigenvalue weighted by Crippen LogP contribution is -2.02. The molecular weight excluding hydrogens is 210 g/mol. The van der Waals surface area contributed by atoms with E-state index in [2.05, 4.69) is 25.4 Å². The molecule has 92 valence electrons. The van der Waals surface area contributed by atoms with Crippen LogP contribution in [0.5, 0.6) is 5.88 Å². The lowest BCUT2D eigenvalue weighted by atomic mass is 10.0. The van der Waals surface area contributed by atoms with Crippen molar-refractivity contribution in [2.45, 2.75) is 33.1 Å². The average molecular weight is 231 g/mol. The highest BCUT2D eigenvalue weighted by atomic mass is 16.5. The molecule has 2 nitrogen and oxygen atoms in total. The molecule has 0 amide bonds. The largest absolute Gasteiger partial charge is 0.473 e. The molecule has 1 aromatic rings. The van der Waals surface area contributed by atoms with Crippen molar-refractivity contribution >= 4 is 0 Å². The highest BCUT2D eigenvalue weighted by Gasteiger charge is 2.05. The second-order valence-corrected chi connectivity index (χ2v) is 4.16. The Morgan fingerprint density at radius 1 is 1.53 bits per heavy atom. The van der Waals surface area contributed by atoms with E-state index in [-0.39, 0.29) is 0 Å². The standard InChI is InChI=1S/C15H21NO/c1-5-8-12(3)11-17-15-10-7-9-14(16-15)13(4)6-2/h5,7-10,13H,3,6,11H2,1-2,4H3/b8-5-. The van der Waals surface area contributed by atoms with Crippen molar-refractivity contribution in [1.29, 1.82) is 0 Å². The van der Waals surface area contributed by atoms with Gasteiger partial charge in [0.1, 0.15) is 6.61 Å². The van der Waals surface area contributed by atoms with E-state index in [1.54, 1.807) is 0 Å². The zero-order valence-electron chi connectivity index (χ0n) is 10.9. The van der Waals surface area contributed by atoms with Crippen LogP contribution in [-0.4, -0.2) is 11.6 Å². The molecule has 0 saturated carbocycles. The van der Waals surface area contributed by atoms with Gasteiger partial charge < -0.3 is 4.74 Å². The van der Waals surface area contributed by atoms with E-state index in [0.29, 0.717) is 18.4 Å². The number of hydrogen-bond acceptors (Lipinski definition) is 2. The molecule has 0 bridgehead atoms. The van der Waals surface area contributed by atoms with Crippen molar-refractivity contribution < 1.29 is 4.74 Å². The topological polar surface area (TPSA) is 22.1 Å². The molecule has 0 aliphatic heterocycles. The minimum Gasteiger partial charge on any atom is -0.473 e. The van der Waals surface area contributed by atoms with Gasteiger partial charge in [0.05, 0.1) is 0 Å². The molecule has 0 N–H and O–H groups in total. The van der Waals surface area contributed by atoms with Gasteiger partial charge in [0, 0.05) is 11.8 Å². The Bertz CT molecular complexity index is 396. The van der Waals surface area contributed by atoms with Crippen molar-refractivity contribution in [3.63, 3.8) is 0 Å². The smallest absolute Gasteiger partial charge is 0.213 e. The summed E-state index contributed by atoms with van der Waals surface area (Å²) in [5.74, 6) is 1.14. The second kappa shape index (κ2) is 6.89. The van der Waals surface area contributed by atoms with Gasteiger partial charge in [-0.1, -0.05) is 38.6 Å². The van der Waals surface area contributed by atoms with Crippen LogP contribution in [0.15, 0.2) is 42.5 Å². The molecule has 1 aromatic heterocycles. The lowest BCUT2D eigenvalue weighted by Gasteiger charge is -2.10. The molecule has 2 heteroatoms. The van der Waals surface area contributed by atoms with Gasteiger partial charge in [-0.25, -0.2) is 4.98 Å². The van der Waals surface area contributed by atoms with Crippen LogP contribution in [0, 0.1) is 0 Å². The summed E-state index contributed by atoms with van der Waals surface area (Å²) in [5, 5.41) is 0. The fourth-order valence-corrected chi connectivity index (χ4v) is 1.45. The SMILES string of the molecule is C=C(/C=C\C)COc1cccc(C(C)CC)n1. The first-order valence-electron chi connectivity index (χ1n) is 6.07. The predicted octanol–water partition coefficient (Wildman–Crippen LogP) is 4.11. The van der Waals surface area contributed by atoms with Gasteiger partial charge in [0.15, 0.2) is 0 Å². The van der Waals surface area contributed by atoms with E-state index in [4.69, 9.17) is 4.74 Å². The highest BCUT2D eigenvalue weighted by Crippen LogP contribution is 2.19. The third-order valence-corrected chi connectivity index (χ3v) is 2.67. The van der Waals surface area contributed by atoms with Crippen molar-refractivity contribution in [3.8, 4) is 5.88 Å². The Hall–Kier alpha value is -1.57. The second-order valence-electron chi connectivity index (χ2n) is 4.16. The van der Waals surface area contributed by atoms with Gasteiger partial charge in [-0.3, -0.25) is 0 Å². The van der Waals surface area contributed by atoms with E-state index < -0.39 is 0 Å². The number of ether oxygens (including phenoxy) is 1. The summed E-state index contributed by atoms with van der Waals surface area (Å²) < 4.78 is 5.59. The molecule has 0 fully saturated rings. The van der Waals surface area contributed by atoms with Gasteiger partial charge >= 0.3 is 0 Å². The number of nitrogens with zero attached hydrogens (tertiary/aromatic N) is 1. The molecule has 1 atom stereocenters. The van der Waals surface area contributed by atoms with E-state index in [0.717, 1.165) is 17.7 Å². The maximum Gasteiger partial charge on any atom is 0.213 e. The van der Waals surface area contributed by atoms with Crippen LogP contribution in [0.4, 0.5) is 0 Å². The van der Waals surface area contributed by atoms with Crippen LogP contribution in [0.1, 0.15) is 38.8 Å². The van der Waals surface area contributed by atoms with E-state index >= 15 is 0 Å². The van der Waals surface area contributed by atoms with Gasteiger partial charge in [0.25, 0.3) is 0 Å². The Kier molecular flexibility index (Phi) is 5.47. The Morgan fingerprint density at radius 2 is 2.29 bits per heavy atom. The summed E-state index contributed by atoms with van der Waals surface area (Å²) in [6.45, 7) is 10.7. The van der Waals surface area contributed by atoms with Crippen LogP contribution < -0.4 is 4.74 Å². The Morgan fingerprint density at radius 3 is 2.94 bits per heavy atom. The summed E-state index contributed by atoms with van der Waals surface area (Å²) in [7, 11) is 0. The summed E-state index contributed by atoms with van der Waals surface area (Å²) in [4.78, 5) is 4.49. The Labute approximate surface area is 104 Å². The van der Waals surface area contributed by atoms with Gasteiger partial charge in [-0.2, -0.15) is 0 Å². The van der Waals surface area contributed by atoms with Crippen molar-refractivity contribution in [3.05, 3.63) is 48.2 Å². The van der Waals surface area contributed by atoms with Crippen LogP contribution >= 0.6 is 0 Å². The van der Waals surface area contributed by atoms with E-state index in [1.165, 1.54) is 0 Å². The maximum absolute atomic E-state index is 5.59. The van der Waals surface area contributed by atoms with Gasteiger partial charge in [0.2, 0.25) is 5.88 Å². The molecule has 0 radical (unpaired) electrons. The van der Waals surface area contributed by atoms with Crippen molar-refractivity contribution in [2.24, 2.45) is 0 Å². The first-order valence-corrected chi connectivity index (χ1v) is 6.07. The zero-order chi connectivity index (χ0) is 12.7. The minimum absolute atomic E-state index is 0.470. The summed E-state index contributed by atoms with van der Waals surface area (Å²) in [6, 6.07) is 5.92. The molecule has 1 rings (SSSR count). The lowest BCUT2D eigenvalue weighted by molar-refractivity contribution is 0.340. The Balaban J connectivity index is 2.63. The number of rotatable bonds is 6. The fraction of sp³-hybridized carbons (Fsp3) is 0.400. The first-order chi connectivity index (χ1) is 8.17. The molecular formula is C15H21NO. The summed E-state index contributed by atoms with van der Waals surface area (Å²) in [5.41, 5.74) is 2.03. The quantitative estimate of drug-likeness (QED) is 0.687. The molecule has 0 aromatic carbocycles. The number of pyridine rings is 1. The minimum atomic E-state index is 0.470. The predicted molar refractivity (Wildman–Crippen MR) is 72.4 cm³/mol. The molecule has 0 aliphatic carbocycles. The van der Waals surface area contributed by atoms with Crippen LogP contribution in [-0.2, 0) is 0 Å². The number of hydrogen-bond donors (Lipinski definition) is 0. The van der Waals surface area contributed by atoms with E-state index in [9.17, 15) is 0 Å². The first kappa shape index (κ1) is 13.5. The summed E-state index contributed by atoms with van der Waals surface area (Å²) in [6.07, 6.45) is 4.98. The normalized spacial score (nSPS) is 12.6. The van der Waals surface area contributed by atoms with Gasteiger partial charge in [-0.05, 0) is 30.9 Å².